The predicted octanol–water partition coefficient (Wildman–Crippen LogP) is 7.41. The Kier molecular flexibility index (Phi) is 10.8. The highest BCUT2D eigenvalue weighted by atomic mass is 16.6. The lowest BCUT2D eigenvalue weighted by Gasteiger charge is -2.46. The lowest BCUT2D eigenvalue weighted by molar-refractivity contribution is -0.174. The Balaban J connectivity index is 1.32. The number of hydrogen-bond acceptors (Lipinski definition) is 8. The van der Waals surface area contributed by atoms with Crippen molar-refractivity contribution in [3.8, 4) is 23.3 Å². The van der Waals surface area contributed by atoms with Gasteiger partial charge in [0.1, 0.15) is 30.3 Å². The summed E-state index contributed by atoms with van der Waals surface area (Å²) in [6, 6.07) is 37.0. The second-order valence-electron chi connectivity index (χ2n) is 14.9. The first-order chi connectivity index (χ1) is 28.3. The van der Waals surface area contributed by atoms with Crippen molar-refractivity contribution in [3.63, 3.8) is 0 Å². The second-order valence-corrected chi connectivity index (χ2v) is 14.9. The first kappa shape index (κ1) is 38.5. The largest absolute Gasteiger partial charge is 0.497 e. The monoisotopic (exact) mass is 775 g/mol. The van der Waals surface area contributed by atoms with Gasteiger partial charge in [-0.25, -0.2) is 9.69 Å². The molecular formula is C48H45N3O7. The summed E-state index contributed by atoms with van der Waals surface area (Å²) >= 11 is 0. The highest BCUT2D eigenvalue weighted by molar-refractivity contribution is 6.23. The summed E-state index contributed by atoms with van der Waals surface area (Å²) in [5, 5.41) is 12.5. The second kappa shape index (κ2) is 16.2. The molecule has 1 spiro atoms. The van der Waals surface area contributed by atoms with Crippen molar-refractivity contribution in [2.24, 2.45) is 0 Å². The number of anilines is 1. The Labute approximate surface area is 338 Å². The van der Waals surface area contributed by atoms with Crippen LogP contribution in [0.3, 0.4) is 0 Å². The maximum Gasteiger partial charge on any atom is 0.329 e. The van der Waals surface area contributed by atoms with Crippen LogP contribution in [-0.4, -0.2) is 60.4 Å². The molecule has 0 unspecified atom stereocenters. The van der Waals surface area contributed by atoms with E-state index in [1.165, 1.54) is 4.90 Å². The molecule has 2 saturated heterocycles. The minimum Gasteiger partial charge on any atom is -0.497 e. The number of aliphatic hydroxyl groups is 1. The molecule has 5 aromatic rings. The maximum atomic E-state index is 15.7. The average molecular weight is 776 g/mol. The van der Waals surface area contributed by atoms with E-state index in [9.17, 15) is 14.7 Å². The summed E-state index contributed by atoms with van der Waals surface area (Å²) < 4.78 is 17.3. The summed E-state index contributed by atoms with van der Waals surface area (Å²) in [5.41, 5.74) is 3.64. The minimum absolute atomic E-state index is 0.0677. The molecule has 10 heteroatoms. The molecular weight excluding hydrogens is 731 g/mol. The van der Waals surface area contributed by atoms with Crippen LogP contribution in [-0.2, 0) is 19.7 Å². The van der Waals surface area contributed by atoms with Crippen LogP contribution in [0, 0.1) is 11.8 Å². The molecule has 10 nitrogen and oxygen atoms in total. The highest BCUT2D eigenvalue weighted by Gasteiger charge is 2.68. The highest BCUT2D eigenvalue weighted by Crippen LogP contribution is 2.62. The number of urea groups is 1. The number of esters is 1. The van der Waals surface area contributed by atoms with Crippen molar-refractivity contribution in [2.45, 2.75) is 62.4 Å². The van der Waals surface area contributed by atoms with Crippen molar-refractivity contribution < 1.29 is 33.7 Å². The number of benzene rings is 5. The van der Waals surface area contributed by atoms with Crippen LogP contribution in [0.2, 0.25) is 0 Å². The fourth-order valence-corrected chi connectivity index (χ4v) is 8.86. The fourth-order valence-electron chi connectivity index (χ4n) is 8.86. The van der Waals surface area contributed by atoms with E-state index in [0.29, 0.717) is 29.0 Å². The summed E-state index contributed by atoms with van der Waals surface area (Å²) in [4.78, 5) is 48.0. The molecule has 5 aromatic carbocycles. The third kappa shape index (κ3) is 6.87. The Bertz CT molecular complexity index is 2360. The van der Waals surface area contributed by atoms with Gasteiger partial charge in [0.15, 0.2) is 0 Å². The number of rotatable bonds is 9. The summed E-state index contributed by atoms with van der Waals surface area (Å²) in [5.74, 6) is 6.95. The smallest absolute Gasteiger partial charge is 0.329 e. The molecule has 2 N–H and O–H groups in total. The van der Waals surface area contributed by atoms with Gasteiger partial charge >= 0.3 is 12.0 Å². The van der Waals surface area contributed by atoms with Gasteiger partial charge in [-0.15, -0.1) is 0 Å². The normalized spacial score (nSPS) is 22.7. The molecule has 0 aliphatic carbocycles. The summed E-state index contributed by atoms with van der Waals surface area (Å²) in [6.45, 7) is 3.86. The van der Waals surface area contributed by atoms with Crippen molar-refractivity contribution in [1.29, 1.82) is 0 Å². The van der Waals surface area contributed by atoms with E-state index in [1.807, 2.05) is 135 Å². The molecule has 3 amide bonds. The zero-order valence-corrected chi connectivity index (χ0v) is 32.6. The number of fused-ring (bicyclic) bond motifs is 3. The SMILES string of the molecule is CC[C@@H]1OC(=O)[C@H]2C[C@@]3(C(=O)N(C(=O)N[C@@H](C)c4ccccc4)c4ccc(C#Cc5ccc(OC)cc5)cc43)[C@H](c3ccc(OCCO)cc3)N2[C@@H]1c1ccccc1. The van der Waals surface area contributed by atoms with E-state index < -0.39 is 53.6 Å². The molecule has 3 aliphatic heterocycles. The average Bonchev–Trinajstić information content (AvgIpc) is 3.75. The van der Waals surface area contributed by atoms with E-state index in [4.69, 9.17) is 14.2 Å². The van der Waals surface area contributed by atoms with Crippen LogP contribution < -0.4 is 19.7 Å². The van der Waals surface area contributed by atoms with Gasteiger partial charge in [-0.2, -0.15) is 0 Å². The van der Waals surface area contributed by atoms with Crippen LogP contribution in [0.5, 0.6) is 11.5 Å². The van der Waals surface area contributed by atoms with E-state index in [1.54, 1.807) is 13.2 Å². The van der Waals surface area contributed by atoms with Gasteiger partial charge in [0.25, 0.3) is 0 Å². The summed E-state index contributed by atoms with van der Waals surface area (Å²) in [6.07, 6.45) is 0.113. The number of imide groups is 1. The Hall–Kier alpha value is -6.41. The van der Waals surface area contributed by atoms with Crippen molar-refractivity contribution in [2.75, 3.05) is 25.2 Å². The van der Waals surface area contributed by atoms with Crippen LogP contribution >= 0.6 is 0 Å². The number of carbonyl (C=O) groups is 3. The number of nitrogens with one attached hydrogen (secondary N) is 1. The molecule has 294 valence electrons. The first-order valence-corrected chi connectivity index (χ1v) is 19.6. The Morgan fingerprint density at radius 1 is 0.879 bits per heavy atom. The number of hydrogen-bond donors (Lipinski definition) is 2. The fraction of sp³-hybridized carbons (Fsp3) is 0.271. The van der Waals surface area contributed by atoms with Crippen LogP contribution in [0.4, 0.5) is 10.5 Å². The first-order valence-electron chi connectivity index (χ1n) is 19.6. The zero-order valence-electron chi connectivity index (χ0n) is 32.6. The molecule has 8 rings (SSSR count). The van der Waals surface area contributed by atoms with E-state index >= 15 is 4.79 Å². The topological polar surface area (TPSA) is 118 Å². The van der Waals surface area contributed by atoms with Gasteiger partial charge in [0.2, 0.25) is 5.91 Å². The zero-order chi connectivity index (χ0) is 40.4. The Morgan fingerprint density at radius 2 is 1.53 bits per heavy atom. The van der Waals surface area contributed by atoms with Crippen LogP contribution in [0.25, 0.3) is 0 Å². The van der Waals surface area contributed by atoms with Gasteiger partial charge in [0.05, 0.1) is 42.9 Å². The lowest BCUT2D eigenvalue weighted by atomic mass is 9.71. The number of ether oxygens (including phenoxy) is 3. The molecule has 0 saturated carbocycles. The molecule has 3 heterocycles. The molecule has 0 radical (unpaired) electrons. The van der Waals surface area contributed by atoms with Crippen LogP contribution in [0.15, 0.2) is 127 Å². The van der Waals surface area contributed by atoms with Crippen molar-refractivity contribution >= 4 is 23.6 Å². The number of aliphatic hydroxyl groups excluding tert-OH is 1. The number of carbonyl (C=O) groups excluding carboxylic acids is 3. The molecule has 3 aliphatic rings. The van der Waals surface area contributed by atoms with Gasteiger partial charge in [0, 0.05) is 11.1 Å². The molecule has 58 heavy (non-hydrogen) atoms. The minimum atomic E-state index is -1.42. The predicted molar refractivity (Wildman–Crippen MR) is 219 cm³/mol. The summed E-state index contributed by atoms with van der Waals surface area (Å²) in [7, 11) is 1.61. The standard InChI is InChI=1S/C48H45N3O7/c1-4-42-43(35-13-9-6-10-14-35)50-41(45(53)58-42)30-48(44(50)36-20-24-38(25-21-36)57-28-27-52)39-29-33(16-15-32-17-22-37(56-3)23-18-32)19-26-40(39)51(46(48)54)47(55)49-31(2)34-11-7-5-8-12-34/h5-14,17-26,29,31,41-44,52H,4,27-28,30H2,1-3H3,(H,49,55)/t31-,41+,42-,43+,44-,48-/m0/s1. The maximum absolute atomic E-state index is 15.7. The lowest BCUT2D eigenvalue weighted by Crippen LogP contribution is -2.53. The molecule has 0 aromatic heterocycles. The van der Waals surface area contributed by atoms with Crippen molar-refractivity contribution in [1.82, 2.24) is 10.2 Å². The molecule has 0 bridgehead atoms. The van der Waals surface area contributed by atoms with Crippen LogP contribution in [0.1, 0.15) is 78.2 Å². The third-order valence-corrected chi connectivity index (χ3v) is 11.5. The molecule has 6 atom stereocenters. The van der Waals surface area contributed by atoms with Crippen molar-refractivity contribution in [3.05, 3.63) is 161 Å². The number of morpholine rings is 1. The molecule has 2 fully saturated rings. The van der Waals surface area contributed by atoms with Gasteiger partial charge in [-0.3, -0.25) is 14.5 Å². The Morgan fingerprint density at radius 3 is 2.21 bits per heavy atom. The van der Waals surface area contributed by atoms with E-state index in [-0.39, 0.29) is 19.6 Å². The third-order valence-electron chi connectivity index (χ3n) is 11.5. The quantitative estimate of drug-likeness (QED) is 0.118. The number of methoxy groups -OCH3 is 1. The van der Waals surface area contributed by atoms with Gasteiger partial charge in [-0.1, -0.05) is 91.6 Å². The van der Waals surface area contributed by atoms with E-state index in [2.05, 4.69) is 22.1 Å². The number of nitrogens with zero attached hydrogens (tertiary/aromatic N) is 2. The number of cyclic esters (lactones) is 1. The number of amides is 3. The van der Waals surface area contributed by atoms with Gasteiger partial charge < -0.3 is 24.6 Å². The van der Waals surface area contributed by atoms with E-state index in [0.717, 1.165) is 28.0 Å². The van der Waals surface area contributed by atoms with Gasteiger partial charge in [-0.05, 0) is 96.6 Å².